The van der Waals surface area contributed by atoms with Crippen LogP contribution >= 0.6 is 15.9 Å². The number of nitrogens with one attached hydrogen (secondary N) is 1. The molecule has 4 heteroatoms. The first kappa shape index (κ1) is 14.0. The molecule has 0 heterocycles. The molecule has 1 aromatic rings. The number of hydrogen-bond donors (Lipinski definition) is 2. The van der Waals surface area contributed by atoms with E-state index in [1.807, 2.05) is 12.1 Å². The highest BCUT2D eigenvalue weighted by Gasteiger charge is 2.21. The summed E-state index contributed by atoms with van der Waals surface area (Å²) in [5.41, 5.74) is 1.08. The Morgan fingerprint density at radius 1 is 1.33 bits per heavy atom. The van der Waals surface area contributed by atoms with Gasteiger partial charge in [0, 0.05) is 12.1 Å². The zero-order valence-corrected chi connectivity index (χ0v) is 12.1. The average molecular weight is 316 g/mol. The summed E-state index contributed by atoms with van der Waals surface area (Å²) in [6, 6.07) is 5.77. The zero-order chi connectivity index (χ0) is 13.1. The van der Waals surface area contributed by atoms with Gasteiger partial charge in [0.05, 0.1) is 10.6 Å². The number of benzene rings is 1. The molecule has 2 nitrogen and oxygen atoms in total. The molecular formula is C14H19BrFNO. The van der Waals surface area contributed by atoms with E-state index in [2.05, 4.69) is 28.2 Å². The molecule has 1 aromatic carbocycles. The van der Waals surface area contributed by atoms with Crippen LogP contribution in [0.3, 0.4) is 0 Å². The fourth-order valence-electron chi connectivity index (χ4n) is 2.47. The molecular weight excluding hydrogens is 297 g/mol. The van der Waals surface area contributed by atoms with Crippen molar-refractivity contribution >= 4 is 15.9 Å². The van der Waals surface area contributed by atoms with E-state index < -0.39 is 0 Å². The summed E-state index contributed by atoms with van der Waals surface area (Å²) >= 11 is 3.21. The molecule has 100 valence electrons. The quantitative estimate of drug-likeness (QED) is 0.894. The Morgan fingerprint density at radius 3 is 2.61 bits per heavy atom. The van der Waals surface area contributed by atoms with Crippen molar-refractivity contribution in [1.29, 1.82) is 0 Å². The molecule has 0 saturated heterocycles. The second kappa shape index (κ2) is 6.13. The molecule has 0 aliphatic heterocycles. The molecule has 0 spiro atoms. The number of aliphatic hydroxyl groups is 1. The monoisotopic (exact) mass is 315 g/mol. The Morgan fingerprint density at radius 2 is 2.00 bits per heavy atom. The third kappa shape index (κ3) is 3.53. The van der Waals surface area contributed by atoms with Crippen molar-refractivity contribution in [3.05, 3.63) is 34.1 Å². The lowest BCUT2D eigenvalue weighted by atomic mass is 9.92. The van der Waals surface area contributed by atoms with Gasteiger partial charge in [-0.05, 0) is 66.2 Å². The molecule has 0 amide bonds. The van der Waals surface area contributed by atoms with Crippen molar-refractivity contribution < 1.29 is 9.50 Å². The van der Waals surface area contributed by atoms with Gasteiger partial charge in [0.2, 0.25) is 0 Å². The predicted molar refractivity (Wildman–Crippen MR) is 73.9 cm³/mol. The summed E-state index contributed by atoms with van der Waals surface area (Å²) in [6.45, 7) is 2.09. The van der Waals surface area contributed by atoms with E-state index in [0.29, 0.717) is 10.5 Å². The molecule has 1 aliphatic carbocycles. The molecule has 0 radical (unpaired) electrons. The first-order chi connectivity index (χ1) is 8.56. The number of aliphatic hydroxyl groups excluding tert-OH is 1. The summed E-state index contributed by atoms with van der Waals surface area (Å²) in [5.74, 6) is -0.230. The molecule has 1 fully saturated rings. The number of rotatable bonds is 3. The Kier molecular flexibility index (Phi) is 4.76. The van der Waals surface area contributed by atoms with Gasteiger partial charge in [0.25, 0.3) is 0 Å². The van der Waals surface area contributed by atoms with Gasteiger partial charge >= 0.3 is 0 Å². The highest BCUT2D eigenvalue weighted by atomic mass is 79.9. The zero-order valence-electron chi connectivity index (χ0n) is 10.5. The maximum absolute atomic E-state index is 13.2. The lowest BCUT2D eigenvalue weighted by Gasteiger charge is -2.29. The summed E-state index contributed by atoms with van der Waals surface area (Å²) in [5, 5.41) is 13.0. The SMILES string of the molecule is CC(NC1CCC(O)CC1)c1ccc(F)c(Br)c1. The smallest absolute Gasteiger partial charge is 0.137 e. The topological polar surface area (TPSA) is 32.3 Å². The van der Waals surface area contributed by atoms with Crippen molar-refractivity contribution in [1.82, 2.24) is 5.32 Å². The van der Waals surface area contributed by atoms with Crippen molar-refractivity contribution in [3.63, 3.8) is 0 Å². The Balaban J connectivity index is 1.94. The third-order valence-electron chi connectivity index (χ3n) is 3.63. The van der Waals surface area contributed by atoms with E-state index in [0.717, 1.165) is 31.2 Å². The molecule has 1 atom stereocenters. The van der Waals surface area contributed by atoms with Gasteiger partial charge in [-0.3, -0.25) is 0 Å². The molecule has 0 bridgehead atoms. The fourth-order valence-corrected chi connectivity index (χ4v) is 2.87. The highest BCUT2D eigenvalue weighted by Crippen LogP contribution is 2.24. The minimum atomic E-state index is -0.230. The average Bonchev–Trinajstić information content (AvgIpc) is 2.35. The van der Waals surface area contributed by atoms with Crippen LogP contribution in [0.1, 0.15) is 44.2 Å². The molecule has 1 aliphatic rings. The maximum Gasteiger partial charge on any atom is 0.137 e. The van der Waals surface area contributed by atoms with E-state index in [1.165, 1.54) is 6.07 Å². The van der Waals surface area contributed by atoms with Crippen molar-refractivity contribution in [2.45, 2.75) is 50.8 Å². The summed E-state index contributed by atoms with van der Waals surface area (Å²) in [4.78, 5) is 0. The lowest BCUT2D eigenvalue weighted by Crippen LogP contribution is -2.36. The van der Waals surface area contributed by atoms with Gasteiger partial charge in [-0.15, -0.1) is 0 Å². The van der Waals surface area contributed by atoms with Crippen LogP contribution in [-0.2, 0) is 0 Å². The molecule has 2 rings (SSSR count). The van der Waals surface area contributed by atoms with Crippen LogP contribution < -0.4 is 5.32 Å². The lowest BCUT2D eigenvalue weighted by molar-refractivity contribution is 0.114. The van der Waals surface area contributed by atoms with Gasteiger partial charge in [-0.1, -0.05) is 6.07 Å². The maximum atomic E-state index is 13.2. The van der Waals surface area contributed by atoms with Crippen LogP contribution in [0, 0.1) is 5.82 Å². The minimum absolute atomic E-state index is 0.127. The first-order valence-electron chi connectivity index (χ1n) is 6.45. The largest absolute Gasteiger partial charge is 0.393 e. The van der Waals surface area contributed by atoms with Crippen LogP contribution in [0.4, 0.5) is 4.39 Å². The molecule has 2 N–H and O–H groups in total. The summed E-state index contributed by atoms with van der Waals surface area (Å²) in [7, 11) is 0. The summed E-state index contributed by atoms with van der Waals surface area (Å²) < 4.78 is 13.7. The second-order valence-corrected chi connectivity index (χ2v) is 5.92. The number of hydrogen-bond acceptors (Lipinski definition) is 2. The van der Waals surface area contributed by atoms with E-state index in [9.17, 15) is 9.50 Å². The van der Waals surface area contributed by atoms with E-state index in [4.69, 9.17) is 0 Å². The summed E-state index contributed by atoms with van der Waals surface area (Å²) in [6.07, 6.45) is 3.63. The van der Waals surface area contributed by atoms with E-state index in [1.54, 1.807) is 0 Å². The Hall–Kier alpha value is -0.450. The second-order valence-electron chi connectivity index (χ2n) is 5.07. The van der Waals surface area contributed by atoms with E-state index in [-0.39, 0.29) is 18.0 Å². The van der Waals surface area contributed by atoms with Crippen LogP contribution in [-0.4, -0.2) is 17.3 Å². The van der Waals surface area contributed by atoms with Gasteiger partial charge in [0.1, 0.15) is 5.82 Å². The van der Waals surface area contributed by atoms with Crippen molar-refractivity contribution in [2.75, 3.05) is 0 Å². The van der Waals surface area contributed by atoms with E-state index >= 15 is 0 Å². The third-order valence-corrected chi connectivity index (χ3v) is 4.23. The standard InChI is InChI=1S/C14H19BrFNO/c1-9(10-2-7-14(16)13(15)8-10)17-11-3-5-12(18)6-4-11/h2,7-9,11-12,17-18H,3-6H2,1H3. The Labute approximate surface area is 116 Å². The van der Waals surface area contributed by atoms with Gasteiger partial charge in [0.15, 0.2) is 0 Å². The minimum Gasteiger partial charge on any atom is -0.393 e. The highest BCUT2D eigenvalue weighted by molar-refractivity contribution is 9.10. The van der Waals surface area contributed by atoms with Crippen LogP contribution in [0.15, 0.2) is 22.7 Å². The van der Waals surface area contributed by atoms with Crippen molar-refractivity contribution in [2.24, 2.45) is 0 Å². The fraction of sp³-hybridized carbons (Fsp3) is 0.571. The first-order valence-corrected chi connectivity index (χ1v) is 7.24. The predicted octanol–water partition coefficient (Wildman–Crippen LogP) is 3.54. The molecule has 1 saturated carbocycles. The van der Waals surface area contributed by atoms with Crippen LogP contribution in [0.2, 0.25) is 0 Å². The van der Waals surface area contributed by atoms with Crippen LogP contribution in [0.25, 0.3) is 0 Å². The molecule has 1 unspecified atom stereocenters. The Bertz CT molecular complexity index is 405. The molecule has 0 aromatic heterocycles. The number of halogens is 2. The van der Waals surface area contributed by atoms with Crippen LogP contribution in [0.5, 0.6) is 0 Å². The van der Waals surface area contributed by atoms with Gasteiger partial charge in [-0.2, -0.15) is 0 Å². The van der Waals surface area contributed by atoms with Gasteiger partial charge < -0.3 is 10.4 Å². The van der Waals surface area contributed by atoms with Gasteiger partial charge in [-0.25, -0.2) is 4.39 Å². The van der Waals surface area contributed by atoms with Crippen molar-refractivity contribution in [3.8, 4) is 0 Å². The molecule has 18 heavy (non-hydrogen) atoms. The normalized spacial score (nSPS) is 26.0.